The van der Waals surface area contributed by atoms with Gasteiger partial charge in [0.15, 0.2) is 0 Å². The Bertz CT molecular complexity index is 564. The van der Waals surface area contributed by atoms with Crippen LogP contribution in [0.4, 0.5) is 0 Å². The van der Waals surface area contributed by atoms with Crippen molar-refractivity contribution >= 4 is 23.9 Å². The van der Waals surface area contributed by atoms with Gasteiger partial charge in [0.1, 0.15) is 12.7 Å². The van der Waals surface area contributed by atoms with Gasteiger partial charge in [-0.3, -0.25) is 4.90 Å². The Balaban J connectivity index is 2.57. The van der Waals surface area contributed by atoms with Crippen LogP contribution in [0.3, 0.4) is 0 Å². The van der Waals surface area contributed by atoms with E-state index in [9.17, 15) is 19.2 Å². The molecule has 0 bridgehead atoms. The minimum Gasteiger partial charge on any atom is -0.466 e. The molecule has 0 spiro atoms. The van der Waals surface area contributed by atoms with Crippen LogP contribution >= 0.6 is 0 Å². The molecule has 1 aliphatic rings. The predicted molar refractivity (Wildman–Crippen MR) is 85.5 cm³/mol. The van der Waals surface area contributed by atoms with Crippen LogP contribution in [0.25, 0.3) is 0 Å². The first-order chi connectivity index (χ1) is 12.4. The van der Waals surface area contributed by atoms with Gasteiger partial charge in [-0.2, -0.15) is 0 Å². The number of rotatable bonds is 9. The van der Waals surface area contributed by atoms with Crippen LogP contribution in [0.5, 0.6) is 0 Å². The van der Waals surface area contributed by atoms with Crippen molar-refractivity contribution in [2.24, 2.45) is 0 Å². The Morgan fingerprint density at radius 3 is 2.08 bits per heavy atom. The van der Waals surface area contributed by atoms with E-state index in [1.165, 1.54) is 14.2 Å². The summed E-state index contributed by atoms with van der Waals surface area (Å²) in [7, 11) is 2.35. The topological polar surface area (TPSA) is 118 Å². The maximum atomic E-state index is 11.8. The molecule has 1 heterocycles. The molecule has 1 aliphatic heterocycles. The van der Waals surface area contributed by atoms with Crippen LogP contribution in [0.1, 0.15) is 0 Å². The van der Waals surface area contributed by atoms with E-state index in [-0.39, 0.29) is 13.2 Å². The summed E-state index contributed by atoms with van der Waals surface area (Å²) in [6.07, 6.45) is 2.86. The van der Waals surface area contributed by atoms with Crippen molar-refractivity contribution in [2.75, 3.05) is 47.3 Å². The molecule has 10 heteroatoms. The average Bonchev–Trinajstić information content (AvgIpc) is 3.14. The maximum Gasteiger partial charge on any atom is 0.331 e. The Kier molecular flexibility index (Phi) is 9.65. The van der Waals surface area contributed by atoms with Gasteiger partial charge < -0.3 is 23.7 Å². The number of ether oxygens (including phenoxy) is 5. The van der Waals surface area contributed by atoms with E-state index in [2.05, 4.69) is 9.47 Å². The quantitative estimate of drug-likeness (QED) is 0.289. The third-order valence-corrected chi connectivity index (χ3v) is 3.10. The third-order valence-electron chi connectivity index (χ3n) is 3.10. The van der Waals surface area contributed by atoms with E-state index in [0.717, 1.165) is 24.3 Å². The molecule has 1 saturated heterocycles. The lowest BCUT2D eigenvalue weighted by Gasteiger charge is -2.21. The lowest BCUT2D eigenvalue weighted by atomic mass is 10.3. The number of methoxy groups -OCH3 is 2. The second kappa shape index (κ2) is 11.8. The molecular weight excluding hydrogens is 350 g/mol. The van der Waals surface area contributed by atoms with Gasteiger partial charge in [-0.25, -0.2) is 19.2 Å². The summed E-state index contributed by atoms with van der Waals surface area (Å²) < 4.78 is 24.1. The van der Waals surface area contributed by atoms with Gasteiger partial charge in [0.05, 0.1) is 27.6 Å². The van der Waals surface area contributed by atoms with E-state index in [1.807, 2.05) is 4.90 Å². The maximum absolute atomic E-state index is 11.8. The van der Waals surface area contributed by atoms with Gasteiger partial charge >= 0.3 is 23.9 Å². The number of nitrogens with zero attached hydrogens (tertiary/aromatic N) is 1. The van der Waals surface area contributed by atoms with Crippen LogP contribution in [0.15, 0.2) is 24.3 Å². The molecule has 0 aromatic carbocycles. The van der Waals surface area contributed by atoms with E-state index < -0.39 is 30.0 Å². The van der Waals surface area contributed by atoms with E-state index in [0.29, 0.717) is 19.9 Å². The highest BCUT2D eigenvalue weighted by Gasteiger charge is 2.22. The van der Waals surface area contributed by atoms with Crippen molar-refractivity contribution in [3.05, 3.63) is 24.3 Å². The fraction of sp³-hybridized carbons (Fsp3) is 0.500. The molecule has 0 aromatic rings. The van der Waals surface area contributed by atoms with Gasteiger partial charge in [0.2, 0.25) is 0 Å². The Labute approximate surface area is 150 Å². The SMILES string of the molecule is COC(=O)/C=C/C(=O)OCC(CN1CCOC1)OC(=O)/C=C/C(=O)OC. The summed E-state index contributed by atoms with van der Waals surface area (Å²) in [5, 5.41) is 0. The van der Waals surface area contributed by atoms with Crippen LogP contribution in [0.2, 0.25) is 0 Å². The normalized spacial score (nSPS) is 15.8. The molecular formula is C16H21NO9. The summed E-state index contributed by atoms with van der Waals surface area (Å²) in [5.41, 5.74) is 0. The number of carbonyl (C=O) groups excluding carboxylic acids is 4. The Hall–Kier alpha value is -2.72. The van der Waals surface area contributed by atoms with Gasteiger partial charge in [0, 0.05) is 37.4 Å². The fourth-order valence-corrected chi connectivity index (χ4v) is 1.84. The smallest absolute Gasteiger partial charge is 0.331 e. The van der Waals surface area contributed by atoms with Gasteiger partial charge in [-0.05, 0) is 0 Å². The predicted octanol–water partition coefficient (Wildman–Crippen LogP) is -0.810. The fourth-order valence-electron chi connectivity index (χ4n) is 1.84. The monoisotopic (exact) mass is 371 g/mol. The van der Waals surface area contributed by atoms with Crippen molar-refractivity contribution in [3.8, 4) is 0 Å². The summed E-state index contributed by atoms with van der Waals surface area (Å²) in [4.78, 5) is 47.1. The molecule has 144 valence electrons. The second-order valence-electron chi connectivity index (χ2n) is 5.02. The molecule has 0 radical (unpaired) electrons. The first-order valence-electron chi connectivity index (χ1n) is 7.64. The zero-order chi connectivity index (χ0) is 19.4. The molecule has 0 aromatic heterocycles. The molecule has 0 N–H and O–H groups in total. The van der Waals surface area contributed by atoms with Gasteiger partial charge in [-0.1, -0.05) is 0 Å². The molecule has 1 unspecified atom stereocenters. The van der Waals surface area contributed by atoms with Crippen molar-refractivity contribution in [1.29, 1.82) is 0 Å². The van der Waals surface area contributed by atoms with Crippen molar-refractivity contribution in [2.45, 2.75) is 6.10 Å². The first-order valence-corrected chi connectivity index (χ1v) is 7.64. The minimum atomic E-state index is -0.792. The summed E-state index contributed by atoms with van der Waals surface area (Å²) in [5.74, 6) is -2.99. The number of carbonyl (C=O) groups is 4. The molecule has 0 saturated carbocycles. The number of hydrogen-bond donors (Lipinski definition) is 0. The number of esters is 4. The van der Waals surface area contributed by atoms with Gasteiger partial charge in [0.25, 0.3) is 0 Å². The number of hydrogen-bond acceptors (Lipinski definition) is 10. The van der Waals surface area contributed by atoms with Crippen LogP contribution in [-0.2, 0) is 42.9 Å². The summed E-state index contributed by atoms with van der Waals surface area (Å²) >= 11 is 0. The highest BCUT2D eigenvalue weighted by Crippen LogP contribution is 2.05. The zero-order valence-corrected chi connectivity index (χ0v) is 14.5. The molecule has 0 aliphatic carbocycles. The zero-order valence-electron chi connectivity index (χ0n) is 14.5. The molecule has 1 atom stereocenters. The van der Waals surface area contributed by atoms with E-state index >= 15 is 0 Å². The Morgan fingerprint density at radius 1 is 0.962 bits per heavy atom. The lowest BCUT2D eigenvalue weighted by Crippen LogP contribution is -2.37. The average molecular weight is 371 g/mol. The molecule has 1 rings (SSSR count). The highest BCUT2D eigenvalue weighted by molar-refractivity contribution is 5.92. The Morgan fingerprint density at radius 2 is 1.54 bits per heavy atom. The van der Waals surface area contributed by atoms with Crippen molar-refractivity contribution in [1.82, 2.24) is 4.90 Å². The van der Waals surface area contributed by atoms with Crippen LogP contribution in [-0.4, -0.2) is 82.1 Å². The molecule has 0 amide bonds. The highest BCUT2D eigenvalue weighted by atomic mass is 16.6. The molecule has 26 heavy (non-hydrogen) atoms. The van der Waals surface area contributed by atoms with Crippen LogP contribution < -0.4 is 0 Å². The van der Waals surface area contributed by atoms with E-state index in [4.69, 9.17) is 14.2 Å². The first kappa shape index (κ1) is 21.3. The van der Waals surface area contributed by atoms with Crippen molar-refractivity contribution in [3.63, 3.8) is 0 Å². The summed E-state index contributed by atoms with van der Waals surface area (Å²) in [6.45, 7) is 1.58. The van der Waals surface area contributed by atoms with Crippen molar-refractivity contribution < 1.29 is 42.9 Å². The lowest BCUT2D eigenvalue weighted by molar-refractivity contribution is -0.154. The second-order valence-corrected chi connectivity index (χ2v) is 5.02. The largest absolute Gasteiger partial charge is 0.466 e. The summed E-state index contributed by atoms with van der Waals surface area (Å²) in [6, 6.07) is 0. The van der Waals surface area contributed by atoms with E-state index in [1.54, 1.807) is 0 Å². The molecule has 1 fully saturated rings. The van der Waals surface area contributed by atoms with Gasteiger partial charge in [-0.15, -0.1) is 0 Å². The minimum absolute atomic E-state index is 0.237. The van der Waals surface area contributed by atoms with Crippen LogP contribution in [0, 0.1) is 0 Å². The standard InChI is InChI=1S/C16H21NO9/c1-22-13(18)3-5-15(20)25-10-12(9-17-7-8-24-11-17)26-16(21)6-4-14(19)23-2/h3-6,12H,7-11H2,1-2H3/b5-3+,6-4+. The third kappa shape index (κ3) is 8.94. The molecule has 10 nitrogen and oxygen atoms in total.